The molecule has 0 aliphatic carbocycles. The zero-order chi connectivity index (χ0) is 14.1. The molecule has 112 valence electrons. The van der Waals surface area contributed by atoms with Crippen LogP contribution in [-0.2, 0) is 4.79 Å². The van der Waals surface area contributed by atoms with E-state index < -0.39 is 0 Å². The van der Waals surface area contributed by atoms with E-state index in [2.05, 4.69) is 4.90 Å². The maximum atomic E-state index is 11.6. The molecule has 1 saturated heterocycles. The van der Waals surface area contributed by atoms with Gasteiger partial charge in [-0.25, -0.2) is 0 Å². The topological polar surface area (TPSA) is 49.6 Å². The Hall–Kier alpha value is -0.610. The Bertz CT molecular complexity index is 250. The lowest BCUT2D eigenvalue weighted by Gasteiger charge is -2.26. The largest absolute Gasteiger partial charge is 0.344 e. The third-order valence-electron chi connectivity index (χ3n) is 3.93. The first-order valence-corrected chi connectivity index (χ1v) is 7.84. The van der Waals surface area contributed by atoms with E-state index in [1.54, 1.807) is 11.8 Å². The molecule has 0 saturated carbocycles. The monoisotopic (exact) mass is 269 g/mol. The molecule has 1 unspecified atom stereocenters. The van der Waals surface area contributed by atoms with E-state index in [0.29, 0.717) is 0 Å². The fraction of sp³-hybridized carbons (Fsp3) is 0.933. The number of nitrogens with zero attached hydrogens (tertiary/aromatic N) is 2. The quantitative estimate of drug-likeness (QED) is 0.684. The highest BCUT2D eigenvalue weighted by Crippen LogP contribution is 2.10. The normalized spacial score (nSPS) is 18.3. The second-order valence-electron chi connectivity index (χ2n) is 5.86. The summed E-state index contributed by atoms with van der Waals surface area (Å²) in [6.45, 7) is 6.44. The SMILES string of the molecule is CC(N)C(=O)N(C)CCCCCCN1CCCCC1. The van der Waals surface area contributed by atoms with E-state index >= 15 is 0 Å². The van der Waals surface area contributed by atoms with E-state index in [1.807, 2.05) is 7.05 Å². The van der Waals surface area contributed by atoms with Crippen LogP contribution in [0.25, 0.3) is 0 Å². The molecule has 0 aromatic carbocycles. The van der Waals surface area contributed by atoms with Crippen molar-refractivity contribution in [3.05, 3.63) is 0 Å². The Kier molecular flexibility index (Phi) is 8.07. The third kappa shape index (κ3) is 6.92. The zero-order valence-corrected chi connectivity index (χ0v) is 12.7. The molecule has 19 heavy (non-hydrogen) atoms. The molecular weight excluding hydrogens is 238 g/mol. The first-order valence-electron chi connectivity index (χ1n) is 7.84. The van der Waals surface area contributed by atoms with Gasteiger partial charge in [-0.2, -0.15) is 0 Å². The zero-order valence-electron chi connectivity index (χ0n) is 12.7. The molecule has 0 bridgehead atoms. The predicted octanol–water partition coefficient (Wildman–Crippen LogP) is 1.84. The van der Waals surface area contributed by atoms with Gasteiger partial charge in [0, 0.05) is 13.6 Å². The summed E-state index contributed by atoms with van der Waals surface area (Å²) in [5.74, 6) is 0.0494. The lowest BCUT2D eigenvalue weighted by Crippen LogP contribution is -2.40. The molecule has 1 amide bonds. The van der Waals surface area contributed by atoms with Crippen LogP contribution in [0, 0.1) is 0 Å². The smallest absolute Gasteiger partial charge is 0.238 e. The highest BCUT2D eigenvalue weighted by Gasteiger charge is 2.12. The Morgan fingerprint density at radius 1 is 1.16 bits per heavy atom. The summed E-state index contributed by atoms with van der Waals surface area (Å²) in [7, 11) is 1.85. The van der Waals surface area contributed by atoms with Gasteiger partial charge in [0.05, 0.1) is 6.04 Å². The van der Waals surface area contributed by atoms with Crippen molar-refractivity contribution in [2.75, 3.05) is 33.2 Å². The van der Waals surface area contributed by atoms with E-state index in [4.69, 9.17) is 5.73 Å². The molecule has 1 aliphatic heterocycles. The molecule has 1 heterocycles. The Morgan fingerprint density at radius 3 is 2.42 bits per heavy atom. The van der Waals surface area contributed by atoms with Crippen LogP contribution in [0.3, 0.4) is 0 Å². The summed E-state index contributed by atoms with van der Waals surface area (Å²) in [5, 5.41) is 0. The highest BCUT2D eigenvalue weighted by molar-refractivity contribution is 5.80. The van der Waals surface area contributed by atoms with Gasteiger partial charge < -0.3 is 15.5 Å². The molecule has 0 aromatic rings. The van der Waals surface area contributed by atoms with Gasteiger partial charge in [0.15, 0.2) is 0 Å². The predicted molar refractivity (Wildman–Crippen MR) is 80.0 cm³/mol. The summed E-state index contributed by atoms with van der Waals surface area (Å²) in [5.41, 5.74) is 5.57. The van der Waals surface area contributed by atoms with E-state index in [-0.39, 0.29) is 11.9 Å². The number of unbranched alkanes of at least 4 members (excludes halogenated alkanes) is 3. The van der Waals surface area contributed by atoms with Gasteiger partial charge in [0.1, 0.15) is 0 Å². The van der Waals surface area contributed by atoms with Crippen LogP contribution < -0.4 is 5.73 Å². The lowest BCUT2D eigenvalue weighted by molar-refractivity contribution is -0.130. The number of hydrogen-bond acceptors (Lipinski definition) is 3. The molecule has 1 fully saturated rings. The second kappa shape index (κ2) is 9.32. The van der Waals surface area contributed by atoms with Gasteiger partial charge in [0.2, 0.25) is 5.91 Å². The fourth-order valence-corrected chi connectivity index (χ4v) is 2.68. The Balaban J connectivity index is 1.94. The van der Waals surface area contributed by atoms with Crippen LogP contribution in [0.2, 0.25) is 0 Å². The molecule has 4 nitrogen and oxygen atoms in total. The molecule has 2 N–H and O–H groups in total. The first-order chi connectivity index (χ1) is 9.11. The van der Waals surface area contributed by atoms with E-state index in [9.17, 15) is 4.79 Å². The van der Waals surface area contributed by atoms with Crippen LogP contribution in [0.5, 0.6) is 0 Å². The van der Waals surface area contributed by atoms with Crippen molar-refractivity contribution in [1.29, 1.82) is 0 Å². The maximum Gasteiger partial charge on any atom is 0.238 e. The maximum absolute atomic E-state index is 11.6. The summed E-state index contributed by atoms with van der Waals surface area (Å²) < 4.78 is 0. The van der Waals surface area contributed by atoms with Gasteiger partial charge in [-0.1, -0.05) is 19.3 Å². The van der Waals surface area contributed by atoms with Crippen LogP contribution >= 0.6 is 0 Å². The van der Waals surface area contributed by atoms with Crippen LogP contribution in [0.4, 0.5) is 0 Å². The molecule has 4 heteroatoms. The molecule has 0 spiro atoms. The second-order valence-corrected chi connectivity index (χ2v) is 5.86. The standard InChI is InChI=1S/C15H31N3O/c1-14(16)15(19)17(2)10-6-3-4-7-11-18-12-8-5-9-13-18/h14H,3-13,16H2,1-2H3. The van der Waals surface area contributed by atoms with Crippen molar-refractivity contribution in [2.24, 2.45) is 5.73 Å². The molecule has 0 radical (unpaired) electrons. The number of rotatable bonds is 8. The average Bonchev–Trinajstić information content (AvgIpc) is 2.42. The number of carbonyl (C=O) groups is 1. The van der Waals surface area contributed by atoms with Gasteiger partial charge >= 0.3 is 0 Å². The van der Waals surface area contributed by atoms with Gasteiger partial charge in [0.25, 0.3) is 0 Å². The molecule has 0 aromatic heterocycles. The molecule has 1 aliphatic rings. The number of likely N-dealkylation sites (tertiary alicyclic amines) is 1. The number of likely N-dealkylation sites (N-methyl/N-ethyl adjacent to an activating group) is 1. The third-order valence-corrected chi connectivity index (χ3v) is 3.93. The van der Waals surface area contributed by atoms with E-state index in [0.717, 1.165) is 13.0 Å². The van der Waals surface area contributed by atoms with Crippen molar-refractivity contribution in [2.45, 2.75) is 57.9 Å². The van der Waals surface area contributed by atoms with Gasteiger partial charge in [-0.15, -0.1) is 0 Å². The first kappa shape index (κ1) is 16.4. The van der Waals surface area contributed by atoms with Crippen molar-refractivity contribution in [3.8, 4) is 0 Å². The summed E-state index contributed by atoms with van der Waals surface area (Å²) in [6, 6.07) is -0.371. The van der Waals surface area contributed by atoms with Crippen molar-refractivity contribution >= 4 is 5.91 Å². The highest BCUT2D eigenvalue weighted by atomic mass is 16.2. The van der Waals surface area contributed by atoms with Crippen LogP contribution in [0.1, 0.15) is 51.9 Å². The van der Waals surface area contributed by atoms with Crippen molar-refractivity contribution in [3.63, 3.8) is 0 Å². The summed E-state index contributed by atoms with van der Waals surface area (Å²) >= 11 is 0. The van der Waals surface area contributed by atoms with Crippen LogP contribution in [0.15, 0.2) is 0 Å². The fourth-order valence-electron chi connectivity index (χ4n) is 2.68. The summed E-state index contributed by atoms with van der Waals surface area (Å²) in [6.07, 6.45) is 9.05. The Labute approximate surface area is 118 Å². The number of piperidine rings is 1. The summed E-state index contributed by atoms with van der Waals surface area (Å²) in [4.78, 5) is 15.9. The van der Waals surface area contributed by atoms with Crippen molar-refractivity contribution < 1.29 is 4.79 Å². The molecule has 1 rings (SSSR count). The number of carbonyl (C=O) groups excluding carboxylic acids is 1. The number of nitrogens with two attached hydrogens (primary N) is 1. The number of amides is 1. The van der Waals surface area contributed by atoms with E-state index in [1.165, 1.54) is 58.2 Å². The minimum atomic E-state index is -0.371. The average molecular weight is 269 g/mol. The van der Waals surface area contributed by atoms with Gasteiger partial charge in [-0.05, 0) is 52.2 Å². The number of hydrogen-bond donors (Lipinski definition) is 1. The lowest BCUT2D eigenvalue weighted by atomic mass is 10.1. The minimum absolute atomic E-state index is 0.0494. The minimum Gasteiger partial charge on any atom is -0.344 e. The Morgan fingerprint density at radius 2 is 1.79 bits per heavy atom. The molecule has 1 atom stereocenters. The van der Waals surface area contributed by atoms with Crippen molar-refractivity contribution in [1.82, 2.24) is 9.80 Å². The molecular formula is C15H31N3O. The van der Waals surface area contributed by atoms with Gasteiger partial charge in [-0.3, -0.25) is 4.79 Å². The van der Waals surface area contributed by atoms with Crippen LogP contribution in [-0.4, -0.2) is 55.0 Å².